The van der Waals surface area contributed by atoms with Gasteiger partial charge in [0.15, 0.2) is 0 Å². The second kappa shape index (κ2) is 4.04. The molecule has 0 saturated carbocycles. The van der Waals surface area contributed by atoms with Gasteiger partial charge in [0.05, 0.1) is 0 Å². The number of hydrogen-bond acceptors (Lipinski definition) is 1. The lowest BCUT2D eigenvalue weighted by molar-refractivity contribution is 0.244. The largest absolute Gasteiger partial charge is 0.361 e. The van der Waals surface area contributed by atoms with Crippen LogP contribution in [0.25, 0.3) is 0 Å². The Hall–Kier alpha value is -0.980. The summed E-state index contributed by atoms with van der Waals surface area (Å²) in [5.41, 5.74) is 3.22. The van der Waals surface area contributed by atoms with Gasteiger partial charge in [-0.25, -0.2) is 0 Å². The number of aryl methyl sites for hydroxylation is 1. The van der Waals surface area contributed by atoms with Gasteiger partial charge in [-0.2, -0.15) is 0 Å². The standard InChI is InChI=1S/C16H25N/c1-13-7-9-14(10-8-13)17-15(2,3)11-6-12-16(17,4)5/h7-10H,6,11-12H2,1-5H3. The maximum Gasteiger partial charge on any atom is 0.0375 e. The quantitative estimate of drug-likeness (QED) is 0.685. The lowest BCUT2D eigenvalue weighted by atomic mass is 9.79. The molecular weight excluding hydrogens is 206 g/mol. The van der Waals surface area contributed by atoms with Gasteiger partial charge in [0.1, 0.15) is 0 Å². The Labute approximate surface area is 106 Å². The van der Waals surface area contributed by atoms with Gasteiger partial charge >= 0.3 is 0 Å². The van der Waals surface area contributed by atoms with Crippen molar-refractivity contribution in [1.29, 1.82) is 0 Å². The van der Waals surface area contributed by atoms with Gasteiger partial charge in [0.25, 0.3) is 0 Å². The zero-order chi connectivity index (χ0) is 12.7. The molecule has 17 heavy (non-hydrogen) atoms. The zero-order valence-corrected chi connectivity index (χ0v) is 11.9. The van der Waals surface area contributed by atoms with Gasteiger partial charge in [0, 0.05) is 16.8 Å². The van der Waals surface area contributed by atoms with Crippen LogP contribution < -0.4 is 4.90 Å². The third-order valence-corrected chi connectivity index (χ3v) is 4.08. The van der Waals surface area contributed by atoms with E-state index >= 15 is 0 Å². The summed E-state index contributed by atoms with van der Waals surface area (Å²) in [5.74, 6) is 0. The van der Waals surface area contributed by atoms with Gasteiger partial charge in [0.2, 0.25) is 0 Å². The molecule has 0 aliphatic carbocycles. The summed E-state index contributed by atoms with van der Waals surface area (Å²) in [7, 11) is 0. The van der Waals surface area contributed by atoms with Gasteiger partial charge in [-0.3, -0.25) is 0 Å². The molecule has 1 aliphatic heterocycles. The summed E-state index contributed by atoms with van der Waals surface area (Å²) in [5, 5.41) is 0. The summed E-state index contributed by atoms with van der Waals surface area (Å²) in [6.45, 7) is 11.6. The Morgan fingerprint density at radius 1 is 0.882 bits per heavy atom. The molecule has 0 amide bonds. The van der Waals surface area contributed by atoms with Crippen LogP contribution in [0.4, 0.5) is 5.69 Å². The van der Waals surface area contributed by atoms with Crippen LogP contribution in [0.15, 0.2) is 24.3 Å². The number of rotatable bonds is 1. The van der Waals surface area contributed by atoms with Crippen molar-refractivity contribution >= 4 is 5.69 Å². The molecule has 2 rings (SSSR count). The monoisotopic (exact) mass is 231 g/mol. The average Bonchev–Trinajstić information content (AvgIpc) is 2.18. The third-order valence-electron chi connectivity index (χ3n) is 4.08. The highest BCUT2D eigenvalue weighted by atomic mass is 15.3. The molecule has 1 aromatic carbocycles. The van der Waals surface area contributed by atoms with Crippen LogP contribution in [0, 0.1) is 6.92 Å². The van der Waals surface area contributed by atoms with Crippen LogP contribution in [-0.2, 0) is 0 Å². The normalized spacial score (nSPS) is 22.5. The van der Waals surface area contributed by atoms with Crippen molar-refractivity contribution in [2.24, 2.45) is 0 Å². The second-order valence-electron chi connectivity index (χ2n) is 6.65. The second-order valence-corrected chi connectivity index (χ2v) is 6.65. The fourth-order valence-electron chi connectivity index (χ4n) is 3.39. The molecule has 1 nitrogen and oxygen atoms in total. The summed E-state index contributed by atoms with van der Waals surface area (Å²) in [6, 6.07) is 8.97. The summed E-state index contributed by atoms with van der Waals surface area (Å²) in [4.78, 5) is 2.61. The predicted octanol–water partition coefficient (Wildman–Crippen LogP) is 4.54. The van der Waals surface area contributed by atoms with Gasteiger partial charge in [-0.15, -0.1) is 0 Å². The van der Waals surface area contributed by atoms with Crippen LogP contribution in [0.1, 0.15) is 52.5 Å². The molecule has 0 bridgehead atoms. The van der Waals surface area contributed by atoms with E-state index in [0.29, 0.717) is 0 Å². The fraction of sp³-hybridized carbons (Fsp3) is 0.625. The number of piperidine rings is 1. The first-order valence-electron chi connectivity index (χ1n) is 6.70. The minimum absolute atomic E-state index is 0.261. The Balaban J connectivity index is 2.41. The molecule has 1 saturated heterocycles. The van der Waals surface area contributed by atoms with E-state index in [1.807, 2.05) is 0 Å². The Bertz CT molecular complexity index is 370. The molecule has 1 heterocycles. The minimum atomic E-state index is 0.261. The minimum Gasteiger partial charge on any atom is -0.361 e. The first-order chi connectivity index (χ1) is 7.83. The van der Waals surface area contributed by atoms with Gasteiger partial charge < -0.3 is 4.90 Å². The number of anilines is 1. The molecule has 0 N–H and O–H groups in total. The molecule has 0 atom stereocenters. The predicted molar refractivity (Wildman–Crippen MR) is 75.7 cm³/mol. The van der Waals surface area contributed by atoms with Crippen molar-refractivity contribution in [2.45, 2.75) is 65.0 Å². The first-order valence-corrected chi connectivity index (χ1v) is 6.70. The highest BCUT2D eigenvalue weighted by molar-refractivity contribution is 5.53. The maximum atomic E-state index is 2.61. The van der Waals surface area contributed by atoms with Crippen LogP contribution in [-0.4, -0.2) is 11.1 Å². The molecule has 94 valence electrons. The van der Waals surface area contributed by atoms with Crippen molar-refractivity contribution in [1.82, 2.24) is 0 Å². The zero-order valence-electron chi connectivity index (χ0n) is 11.9. The fourth-order valence-corrected chi connectivity index (χ4v) is 3.39. The lowest BCUT2D eigenvalue weighted by Crippen LogP contribution is -2.58. The van der Waals surface area contributed by atoms with Crippen LogP contribution >= 0.6 is 0 Å². The molecule has 1 aromatic rings. The van der Waals surface area contributed by atoms with E-state index in [2.05, 4.69) is 63.8 Å². The Morgan fingerprint density at radius 3 is 1.82 bits per heavy atom. The highest BCUT2D eigenvalue weighted by Gasteiger charge is 2.40. The third kappa shape index (κ3) is 2.34. The smallest absolute Gasteiger partial charge is 0.0375 e. The number of nitrogens with zero attached hydrogens (tertiary/aromatic N) is 1. The van der Waals surface area contributed by atoms with E-state index in [1.54, 1.807) is 0 Å². The number of benzene rings is 1. The average molecular weight is 231 g/mol. The lowest BCUT2D eigenvalue weighted by Gasteiger charge is -2.54. The summed E-state index contributed by atoms with van der Waals surface area (Å²) < 4.78 is 0. The Kier molecular flexibility index (Phi) is 2.97. The van der Waals surface area contributed by atoms with E-state index in [4.69, 9.17) is 0 Å². The molecule has 0 aromatic heterocycles. The SMILES string of the molecule is Cc1ccc(N2C(C)(C)CCCC2(C)C)cc1. The van der Waals surface area contributed by atoms with Gasteiger partial charge in [-0.05, 0) is 66.0 Å². The molecule has 0 spiro atoms. The highest BCUT2D eigenvalue weighted by Crippen LogP contribution is 2.41. The van der Waals surface area contributed by atoms with Crippen molar-refractivity contribution < 1.29 is 0 Å². The molecule has 0 unspecified atom stereocenters. The van der Waals surface area contributed by atoms with Crippen molar-refractivity contribution in [3.05, 3.63) is 29.8 Å². The number of hydrogen-bond donors (Lipinski definition) is 0. The molecule has 1 fully saturated rings. The molecule has 1 aliphatic rings. The van der Waals surface area contributed by atoms with Gasteiger partial charge in [-0.1, -0.05) is 17.7 Å². The summed E-state index contributed by atoms with van der Waals surface area (Å²) in [6.07, 6.45) is 3.90. The van der Waals surface area contributed by atoms with Crippen molar-refractivity contribution in [2.75, 3.05) is 4.90 Å². The van der Waals surface area contributed by atoms with E-state index < -0.39 is 0 Å². The Morgan fingerprint density at radius 2 is 1.35 bits per heavy atom. The van der Waals surface area contributed by atoms with E-state index in [-0.39, 0.29) is 11.1 Å². The van der Waals surface area contributed by atoms with E-state index in [0.717, 1.165) is 0 Å². The van der Waals surface area contributed by atoms with Crippen LogP contribution in [0.2, 0.25) is 0 Å². The molecule has 1 heteroatoms. The van der Waals surface area contributed by atoms with Crippen molar-refractivity contribution in [3.63, 3.8) is 0 Å². The van der Waals surface area contributed by atoms with E-state index in [9.17, 15) is 0 Å². The topological polar surface area (TPSA) is 3.24 Å². The van der Waals surface area contributed by atoms with Crippen molar-refractivity contribution in [3.8, 4) is 0 Å². The summed E-state index contributed by atoms with van der Waals surface area (Å²) >= 11 is 0. The van der Waals surface area contributed by atoms with Crippen LogP contribution in [0.5, 0.6) is 0 Å². The molecular formula is C16H25N. The van der Waals surface area contributed by atoms with Crippen LogP contribution in [0.3, 0.4) is 0 Å². The first kappa shape index (κ1) is 12.5. The van der Waals surface area contributed by atoms with E-state index in [1.165, 1.54) is 30.5 Å². The maximum absolute atomic E-state index is 2.61. The molecule has 0 radical (unpaired) electrons.